The smallest absolute Gasteiger partial charge is 0.0462 e. The summed E-state index contributed by atoms with van der Waals surface area (Å²) in [5.74, 6) is 0. The minimum Gasteiger partial charge on any atom is -0.311 e. The second kappa shape index (κ2) is 18.3. The molecule has 0 saturated carbocycles. The molecule has 0 aliphatic heterocycles. The Kier molecular flexibility index (Phi) is 11.0. The van der Waals surface area contributed by atoms with E-state index in [4.69, 9.17) is 0 Å². The van der Waals surface area contributed by atoms with E-state index < -0.39 is 0 Å². The normalized spacial score (nSPS) is 11.2. The second-order valence-electron chi connectivity index (χ2n) is 17.6. The highest BCUT2D eigenvalue weighted by atomic mass is 15.1. The first-order valence-electron chi connectivity index (χ1n) is 23.7. The Bertz CT molecular complexity index is 3700. The molecule has 0 aromatic heterocycles. The summed E-state index contributed by atoms with van der Waals surface area (Å²) in [5, 5.41) is 4.99. The molecule has 0 bridgehead atoms. The molecule has 0 atom stereocenters. The molecule has 0 unspecified atom stereocenters. The lowest BCUT2D eigenvalue weighted by atomic mass is 9.89. The summed E-state index contributed by atoms with van der Waals surface area (Å²) in [7, 11) is 0. The minimum absolute atomic E-state index is 1.08. The van der Waals surface area contributed by atoms with Crippen LogP contribution in [-0.4, -0.2) is 0 Å². The van der Waals surface area contributed by atoms with Gasteiger partial charge >= 0.3 is 0 Å². The van der Waals surface area contributed by atoms with Crippen LogP contribution in [0, 0.1) is 0 Å². The van der Waals surface area contributed by atoms with Crippen molar-refractivity contribution in [2.24, 2.45) is 0 Å². The monoisotopic (exact) mass is 877 g/mol. The van der Waals surface area contributed by atoms with Crippen molar-refractivity contribution in [1.29, 1.82) is 0 Å². The van der Waals surface area contributed by atoms with Crippen molar-refractivity contribution in [2.75, 3.05) is 4.90 Å². The van der Waals surface area contributed by atoms with E-state index >= 15 is 0 Å². The van der Waals surface area contributed by atoms with Gasteiger partial charge < -0.3 is 4.90 Å². The second-order valence-corrected chi connectivity index (χ2v) is 17.6. The fraction of sp³-hybridized carbons (Fsp3) is 0. The molecular weight excluding hydrogens is 831 g/mol. The van der Waals surface area contributed by atoms with Gasteiger partial charge in [-0.3, -0.25) is 0 Å². The third-order valence-corrected chi connectivity index (χ3v) is 13.5. The highest BCUT2D eigenvalue weighted by molar-refractivity contribution is 6.04. The minimum atomic E-state index is 1.08. The molecule has 12 aromatic carbocycles. The van der Waals surface area contributed by atoms with Gasteiger partial charge in [0.2, 0.25) is 0 Å². The number of hydrogen-bond donors (Lipinski definition) is 0. The van der Waals surface area contributed by atoms with Crippen molar-refractivity contribution in [3.8, 4) is 77.9 Å². The van der Waals surface area contributed by atoms with E-state index in [1.165, 1.54) is 93.9 Å². The third-order valence-electron chi connectivity index (χ3n) is 13.5. The zero-order chi connectivity index (χ0) is 45.9. The summed E-state index contributed by atoms with van der Waals surface area (Å²) >= 11 is 0. The van der Waals surface area contributed by atoms with Gasteiger partial charge in [-0.1, -0.05) is 243 Å². The Labute approximate surface area is 404 Å². The average Bonchev–Trinajstić information content (AvgIpc) is 3.44. The van der Waals surface area contributed by atoms with Gasteiger partial charge in [0.05, 0.1) is 0 Å². The van der Waals surface area contributed by atoms with Gasteiger partial charge in [0.1, 0.15) is 0 Å². The predicted molar refractivity (Wildman–Crippen MR) is 294 cm³/mol. The van der Waals surface area contributed by atoms with Gasteiger partial charge in [0.25, 0.3) is 0 Å². The Morgan fingerprint density at radius 2 is 0.565 bits per heavy atom. The topological polar surface area (TPSA) is 3.24 Å². The van der Waals surface area contributed by atoms with Crippen molar-refractivity contribution < 1.29 is 0 Å². The lowest BCUT2D eigenvalue weighted by molar-refractivity contribution is 1.28. The van der Waals surface area contributed by atoms with Crippen molar-refractivity contribution in [3.05, 3.63) is 285 Å². The highest BCUT2D eigenvalue weighted by Crippen LogP contribution is 2.43. The average molecular weight is 878 g/mol. The summed E-state index contributed by atoms with van der Waals surface area (Å²) < 4.78 is 0. The molecule has 0 fully saturated rings. The highest BCUT2D eigenvalue weighted by Gasteiger charge is 2.17. The van der Waals surface area contributed by atoms with Crippen molar-refractivity contribution >= 4 is 38.6 Å². The molecule has 12 aromatic rings. The lowest BCUT2D eigenvalue weighted by Crippen LogP contribution is -2.09. The SMILES string of the molecule is c1ccc(-c2ccc(-c3ccc(N(c4ccc(-c5ccc(-c6cccc7ccccc67)cc5)cc4)c4ccc(-c5c(-c6ccccc6)ccc6ccccc56)cc4)cc3)cc2-c2ccccc2)cc1. The van der Waals surface area contributed by atoms with E-state index in [9.17, 15) is 0 Å². The van der Waals surface area contributed by atoms with Gasteiger partial charge in [-0.2, -0.15) is 0 Å². The van der Waals surface area contributed by atoms with Crippen molar-refractivity contribution in [2.45, 2.75) is 0 Å². The number of benzene rings is 12. The predicted octanol–water partition coefficient (Wildman–Crippen LogP) is 19.1. The van der Waals surface area contributed by atoms with E-state index in [1.54, 1.807) is 0 Å². The molecule has 12 rings (SSSR count). The molecule has 0 saturated heterocycles. The van der Waals surface area contributed by atoms with Crippen molar-refractivity contribution in [3.63, 3.8) is 0 Å². The van der Waals surface area contributed by atoms with E-state index in [2.05, 4.69) is 290 Å². The van der Waals surface area contributed by atoms with Crippen molar-refractivity contribution in [1.82, 2.24) is 0 Å². The van der Waals surface area contributed by atoms with Crippen LogP contribution in [0.3, 0.4) is 0 Å². The van der Waals surface area contributed by atoms with Crippen LogP contribution < -0.4 is 4.90 Å². The maximum absolute atomic E-state index is 2.37. The maximum atomic E-state index is 2.37. The third kappa shape index (κ3) is 8.18. The first-order valence-corrected chi connectivity index (χ1v) is 23.7. The summed E-state index contributed by atoms with van der Waals surface area (Å²) in [4.78, 5) is 2.37. The molecule has 1 nitrogen and oxygen atoms in total. The van der Waals surface area contributed by atoms with Crippen LogP contribution in [0.4, 0.5) is 17.1 Å². The largest absolute Gasteiger partial charge is 0.311 e. The number of anilines is 3. The number of hydrogen-bond acceptors (Lipinski definition) is 1. The molecule has 0 radical (unpaired) electrons. The maximum Gasteiger partial charge on any atom is 0.0462 e. The zero-order valence-corrected chi connectivity index (χ0v) is 38.1. The van der Waals surface area contributed by atoms with Gasteiger partial charge in [-0.05, 0) is 142 Å². The van der Waals surface area contributed by atoms with Gasteiger partial charge in [-0.15, -0.1) is 0 Å². The fourth-order valence-corrected chi connectivity index (χ4v) is 10.0. The standard InChI is InChI=1S/C68H47N/c1-4-15-51(16-5-1)64-45-38-58(47-67(64)54-19-8-3-9-20-54)50-33-41-60(42-34-50)69(59-39-31-49(32-40-59)48-27-29-56(30-28-48)63-26-14-23-52-21-10-12-24-62(52)63)61-43-35-57(36-44-61)68-65-25-13-11-22-55(65)37-46-66(68)53-17-6-2-7-18-53/h1-47H. The van der Waals surface area contributed by atoms with Crippen LogP contribution in [0.15, 0.2) is 285 Å². The molecular formula is C68H47N. The van der Waals surface area contributed by atoms with Gasteiger partial charge in [0, 0.05) is 17.1 Å². The van der Waals surface area contributed by atoms with Crippen LogP contribution in [0.1, 0.15) is 0 Å². The van der Waals surface area contributed by atoms with Gasteiger partial charge in [-0.25, -0.2) is 0 Å². The molecule has 324 valence electrons. The molecule has 0 aliphatic rings. The Morgan fingerprint density at radius 1 is 0.188 bits per heavy atom. The number of rotatable bonds is 10. The Morgan fingerprint density at radius 3 is 1.14 bits per heavy atom. The molecule has 0 aliphatic carbocycles. The summed E-state index contributed by atoms with van der Waals surface area (Å²) in [5.41, 5.74) is 20.1. The Balaban J connectivity index is 0.922. The van der Waals surface area contributed by atoms with Crippen LogP contribution >= 0.6 is 0 Å². The van der Waals surface area contributed by atoms with Crippen LogP contribution in [0.5, 0.6) is 0 Å². The first-order chi connectivity index (χ1) is 34.2. The molecule has 0 heterocycles. The molecule has 1 heteroatoms. The number of nitrogens with zero attached hydrogens (tertiary/aromatic N) is 1. The van der Waals surface area contributed by atoms with Crippen LogP contribution in [0.2, 0.25) is 0 Å². The first kappa shape index (κ1) is 41.4. The van der Waals surface area contributed by atoms with E-state index in [0.29, 0.717) is 0 Å². The molecule has 0 amide bonds. The summed E-state index contributed by atoms with van der Waals surface area (Å²) in [6.07, 6.45) is 0. The quantitative estimate of drug-likeness (QED) is 0.132. The lowest BCUT2D eigenvalue weighted by Gasteiger charge is -2.26. The van der Waals surface area contributed by atoms with E-state index in [1.807, 2.05) is 0 Å². The Hall–Kier alpha value is -9.04. The molecule has 0 N–H and O–H groups in total. The van der Waals surface area contributed by atoms with E-state index in [0.717, 1.165) is 22.6 Å². The molecule has 69 heavy (non-hydrogen) atoms. The molecule has 0 spiro atoms. The van der Waals surface area contributed by atoms with Crippen LogP contribution in [-0.2, 0) is 0 Å². The zero-order valence-electron chi connectivity index (χ0n) is 38.1. The number of fused-ring (bicyclic) bond motifs is 2. The van der Waals surface area contributed by atoms with Crippen LogP contribution in [0.25, 0.3) is 99.4 Å². The fourth-order valence-electron chi connectivity index (χ4n) is 10.0. The summed E-state index contributed by atoms with van der Waals surface area (Å²) in [6, 6.07) is 104. The van der Waals surface area contributed by atoms with Gasteiger partial charge in [0.15, 0.2) is 0 Å². The summed E-state index contributed by atoms with van der Waals surface area (Å²) in [6.45, 7) is 0. The van der Waals surface area contributed by atoms with E-state index in [-0.39, 0.29) is 0 Å².